The highest BCUT2D eigenvalue weighted by Gasteiger charge is 2.08. The van der Waals surface area contributed by atoms with Crippen molar-refractivity contribution in [3.05, 3.63) is 59.2 Å². The molecule has 0 heterocycles. The van der Waals surface area contributed by atoms with Crippen molar-refractivity contribution < 1.29 is 4.79 Å². The van der Waals surface area contributed by atoms with Crippen molar-refractivity contribution in [1.82, 2.24) is 0 Å². The molecular formula is C19H24N2O. The molecular weight excluding hydrogens is 272 g/mol. The molecule has 0 saturated heterocycles. The van der Waals surface area contributed by atoms with Crippen molar-refractivity contribution in [2.45, 2.75) is 34.6 Å². The van der Waals surface area contributed by atoms with Crippen LogP contribution < -0.4 is 5.32 Å². The van der Waals surface area contributed by atoms with Gasteiger partial charge >= 0.3 is 0 Å². The van der Waals surface area contributed by atoms with E-state index in [9.17, 15) is 4.79 Å². The van der Waals surface area contributed by atoms with Crippen LogP contribution in [0.1, 0.15) is 42.3 Å². The zero-order valence-electron chi connectivity index (χ0n) is 14.0. The third-order valence-electron chi connectivity index (χ3n) is 3.05. The van der Waals surface area contributed by atoms with Crippen LogP contribution in [-0.2, 0) is 0 Å². The van der Waals surface area contributed by atoms with Crippen molar-refractivity contribution in [2.24, 2.45) is 4.99 Å². The number of nitrogens with one attached hydrogen (secondary N) is 1. The number of aryl methyl sites for hydroxylation is 2. The first-order chi connectivity index (χ1) is 10.6. The van der Waals surface area contributed by atoms with Gasteiger partial charge in [-0.05, 0) is 50.6 Å². The maximum atomic E-state index is 12.2. The van der Waals surface area contributed by atoms with Gasteiger partial charge in [-0.3, -0.25) is 9.79 Å². The molecule has 0 radical (unpaired) electrons. The van der Waals surface area contributed by atoms with Gasteiger partial charge in [-0.15, -0.1) is 0 Å². The molecule has 0 aliphatic rings. The number of hydrogen-bond donors (Lipinski definition) is 1. The van der Waals surface area contributed by atoms with Crippen LogP contribution in [0.5, 0.6) is 0 Å². The van der Waals surface area contributed by atoms with E-state index in [1.54, 1.807) is 12.3 Å². The first-order valence-electron chi connectivity index (χ1n) is 7.57. The highest BCUT2D eigenvalue weighted by atomic mass is 16.1. The molecule has 0 aliphatic carbocycles. The van der Waals surface area contributed by atoms with Crippen LogP contribution in [0.3, 0.4) is 0 Å². The lowest BCUT2D eigenvalue weighted by Gasteiger charge is -2.07. The van der Waals surface area contributed by atoms with Crippen molar-refractivity contribution in [3.8, 4) is 0 Å². The second-order valence-electron chi connectivity index (χ2n) is 4.71. The number of hydrogen-bond acceptors (Lipinski definition) is 2. The van der Waals surface area contributed by atoms with E-state index < -0.39 is 0 Å². The fourth-order valence-corrected chi connectivity index (χ4v) is 1.87. The van der Waals surface area contributed by atoms with Crippen molar-refractivity contribution in [2.75, 3.05) is 5.32 Å². The molecule has 0 aromatic heterocycles. The van der Waals surface area contributed by atoms with Crippen LogP contribution >= 0.6 is 0 Å². The van der Waals surface area contributed by atoms with E-state index in [1.165, 1.54) is 0 Å². The fraction of sp³-hybridized carbons (Fsp3) is 0.263. The summed E-state index contributed by atoms with van der Waals surface area (Å²) in [6, 6.07) is 13.3. The number of aliphatic imine (C=N–C) groups is 1. The van der Waals surface area contributed by atoms with Crippen molar-refractivity contribution in [1.29, 1.82) is 0 Å². The predicted octanol–water partition coefficient (Wildman–Crippen LogP) is 5.30. The topological polar surface area (TPSA) is 41.5 Å². The first kappa shape index (κ1) is 17.6. The molecule has 3 nitrogen and oxygen atoms in total. The lowest BCUT2D eigenvalue weighted by atomic mass is 10.1. The second kappa shape index (κ2) is 8.78. The number of carbonyl (C=O) groups is 1. The summed E-state index contributed by atoms with van der Waals surface area (Å²) < 4.78 is 0. The van der Waals surface area contributed by atoms with E-state index in [2.05, 4.69) is 10.3 Å². The highest BCUT2D eigenvalue weighted by Crippen LogP contribution is 2.20. The van der Waals surface area contributed by atoms with Gasteiger partial charge in [0.25, 0.3) is 5.91 Å². The van der Waals surface area contributed by atoms with Crippen LogP contribution in [0.25, 0.3) is 0 Å². The van der Waals surface area contributed by atoms with Gasteiger partial charge in [-0.25, -0.2) is 0 Å². The molecule has 0 unspecified atom stereocenters. The van der Waals surface area contributed by atoms with Gasteiger partial charge in [0.05, 0.1) is 5.69 Å². The van der Waals surface area contributed by atoms with E-state index in [-0.39, 0.29) is 5.91 Å². The van der Waals surface area contributed by atoms with Gasteiger partial charge in [-0.2, -0.15) is 0 Å². The van der Waals surface area contributed by atoms with E-state index in [0.717, 1.165) is 22.5 Å². The minimum Gasteiger partial charge on any atom is -0.322 e. The molecule has 0 spiro atoms. The maximum Gasteiger partial charge on any atom is 0.255 e. The minimum absolute atomic E-state index is 0.124. The van der Waals surface area contributed by atoms with Gasteiger partial charge in [0, 0.05) is 17.5 Å². The van der Waals surface area contributed by atoms with Crippen LogP contribution in [-0.4, -0.2) is 12.1 Å². The maximum absolute atomic E-state index is 12.2. The van der Waals surface area contributed by atoms with E-state index in [0.29, 0.717) is 5.56 Å². The smallest absolute Gasteiger partial charge is 0.255 e. The number of benzene rings is 2. The van der Waals surface area contributed by atoms with Crippen LogP contribution in [0, 0.1) is 13.8 Å². The molecule has 2 aromatic carbocycles. The summed E-state index contributed by atoms with van der Waals surface area (Å²) in [7, 11) is 0. The number of nitrogens with zero attached hydrogens (tertiary/aromatic N) is 1. The van der Waals surface area contributed by atoms with Crippen LogP contribution in [0.4, 0.5) is 11.4 Å². The molecule has 116 valence electrons. The third-order valence-corrected chi connectivity index (χ3v) is 3.05. The monoisotopic (exact) mass is 296 g/mol. The molecule has 3 heteroatoms. The summed E-state index contributed by atoms with van der Waals surface area (Å²) >= 11 is 0. The van der Waals surface area contributed by atoms with Crippen molar-refractivity contribution >= 4 is 23.5 Å². The van der Waals surface area contributed by atoms with E-state index >= 15 is 0 Å². The Kier molecular flexibility index (Phi) is 7.03. The first-order valence-corrected chi connectivity index (χ1v) is 7.57. The zero-order valence-corrected chi connectivity index (χ0v) is 14.0. The Morgan fingerprint density at radius 1 is 1.05 bits per heavy atom. The number of anilines is 1. The SMILES string of the molecule is CC.CC=Nc1cc(C(=O)Nc2ccc(C)cc2)ccc1C. The summed E-state index contributed by atoms with van der Waals surface area (Å²) in [6.45, 7) is 9.85. The van der Waals surface area contributed by atoms with Gasteiger partial charge in [-0.1, -0.05) is 37.6 Å². The number of amides is 1. The average Bonchev–Trinajstić information content (AvgIpc) is 2.54. The molecule has 0 bridgehead atoms. The molecule has 0 atom stereocenters. The third kappa shape index (κ3) is 4.85. The minimum atomic E-state index is -0.124. The number of carbonyl (C=O) groups excluding carboxylic acids is 1. The quantitative estimate of drug-likeness (QED) is 0.767. The molecule has 1 amide bonds. The van der Waals surface area contributed by atoms with Gasteiger partial charge in [0.1, 0.15) is 0 Å². The summed E-state index contributed by atoms with van der Waals surface area (Å²) in [5.74, 6) is -0.124. The summed E-state index contributed by atoms with van der Waals surface area (Å²) in [5, 5.41) is 2.88. The van der Waals surface area contributed by atoms with Gasteiger partial charge in [0.2, 0.25) is 0 Å². The Bertz CT molecular complexity index is 643. The molecule has 2 rings (SSSR count). The van der Waals surface area contributed by atoms with Crippen LogP contribution in [0.2, 0.25) is 0 Å². The summed E-state index contributed by atoms with van der Waals surface area (Å²) in [4.78, 5) is 16.5. The molecule has 1 N–H and O–H groups in total. The second-order valence-corrected chi connectivity index (χ2v) is 4.71. The Hall–Kier alpha value is -2.42. The predicted molar refractivity (Wildman–Crippen MR) is 95.5 cm³/mol. The fourth-order valence-electron chi connectivity index (χ4n) is 1.87. The lowest BCUT2D eigenvalue weighted by molar-refractivity contribution is 0.102. The molecule has 0 fully saturated rings. The van der Waals surface area contributed by atoms with Crippen LogP contribution in [0.15, 0.2) is 47.5 Å². The van der Waals surface area contributed by atoms with E-state index in [4.69, 9.17) is 0 Å². The lowest BCUT2D eigenvalue weighted by Crippen LogP contribution is -2.11. The molecule has 0 saturated carbocycles. The Balaban J connectivity index is 0.00000116. The normalized spacial score (nSPS) is 10.0. The zero-order chi connectivity index (χ0) is 16.5. The summed E-state index contributed by atoms with van der Waals surface area (Å²) in [6.07, 6.45) is 1.73. The standard InChI is InChI=1S/C17H18N2O.C2H6/c1-4-18-16-11-14(8-7-13(16)3)17(20)19-15-9-5-12(2)6-10-15;1-2/h4-11H,1-3H3,(H,19,20);1-2H3. The van der Waals surface area contributed by atoms with Crippen molar-refractivity contribution in [3.63, 3.8) is 0 Å². The van der Waals surface area contributed by atoms with Gasteiger partial charge in [0.15, 0.2) is 0 Å². The highest BCUT2D eigenvalue weighted by molar-refractivity contribution is 6.04. The Morgan fingerprint density at radius 2 is 1.68 bits per heavy atom. The average molecular weight is 296 g/mol. The molecule has 0 aliphatic heterocycles. The Morgan fingerprint density at radius 3 is 2.27 bits per heavy atom. The van der Waals surface area contributed by atoms with E-state index in [1.807, 2.05) is 71.0 Å². The summed E-state index contributed by atoms with van der Waals surface area (Å²) in [5.41, 5.74) is 4.44. The Labute approximate surface area is 133 Å². The van der Waals surface area contributed by atoms with Gasteiger partial charge < -0.3 is 5.32 Å². The largest absolute Gasteiger partial charge is 0.322 e. The number of rotatable bonds is 3. The molecule has 22 heavy (non-hydrogen) atoms. The molecule has 2 aromatic rings.